The van der Waals surface area contributed by atoms with Crippen molar-refractivity contribution in [1.29, 1.82) is 0 Å². The fourth-order valence-electron chi connectivity index (χ4n) is 1.70. The topological polar surface area (TPSA) is 93.6 Å². The van der Waals surface area contributed by atoms with Gasteiger partial charge < -0.3 is 10.8 Å². The lowest BCUT2D eigenvalue weighted by Crippen LogP contribution is -2.27. The van der Waals surface area contributed by atoms with Gasteiger partial charge in [-0.15, -0.1) is 0 Å². The molecule has 0 saturated carbocycles. The molecule has 2 rings (SSSR count). The largest absolute Gasteiger partial charge is 0.395 e. The first-order valence-electron chi connectivity index (χ1n) is 4.97. The Labute approximate surface area is 92.0 Å². The van der Waals surface area contributed by atoms with E-state index in [0.717, 1.165) is 0 Å². The number of hydrogen-bond acceptors (Lipinski definition) is 6. The summed E-state index contributed by atoms with van der Waals surface area (Å²) >= 11 is 0. The molecule has 0 spiro atoms. The molecular formula is C9H14N4O3. The average Bonchev–Trinajstić information content (AvgIpc) is 2.59. The summed E-state index contributed by atoms with van der Waals surface area (Å²) in [5, 5.41) is 10.6. The minimum absolute atomic E-state index is 0.00977. The number of likely N-dealkylation sites (N-methyl/N-ethyl adjacent to an activating group) is 1. The van der Waals surface area contributed by atoms with Crippen molar-refractivity contribution in [3.63, 3.8) is 0 Å². The van der Waals surface area contributed by atoms with E-state index in [2.05, 4.69) is 4.98 Å². The van der Waals surface area contributed by atoms with Crippen LogP contribution in [0.15, 0.2) is 17.1 Å². The van der Waals surface area contributed by atoms with Crippen molar-refractivity contribution < 1.29 is 9.94 Å². The van der Waals surface area contributed by atoms with E-state index in [4.69, 9.17) is 15.7 Å². The zero-order valence-electron chi connectivity index (χ0n) is 8.91. The van der Waals surface area contributed by atoms with Gasteiger partial charge in [-0.3, -0.25) is 9.40 Å². The molecule has 1 aromatic heterocycles. The number of aromatic nitrogens is 2. The molecule has 0 unspecified atom stereocenters. The van der Waals surface area contributed by atoms with Crippen LogP contribution in [0.2, 0.25) is 0 Å². The second-order valence-corrected chi connectivity index (χ2v) is 3.72. The molecule has 88 valence electrons. The first-order valence-corrected chi connectivity index (χ1v) is 4.97. The van der Waals surface area contributed by atoms with Crippen LogP contribution >= 0.6 is 0 Å². The summed E-state index contributed by atoms with van der Waals surface area (Å²) in [6.45, 7) is -0.00977. The summed E-state index contributed by atoms with van der Waals surface area (Å²) in [6, 6.07) is 1.44. The summed E-state index contributed by atoms with van der Waals surface area (Å²) in [7, 11) is 1.72. The molecule has 1 aromatic rings. The molecule has 3 N–H and O–H groups in total. The molecule has 0 radical (unpaired) electrons. The highest BCUT2D eigenvalue weighted by molar-refractivity contribution is 5.23. The number of nitrogen functional groups attached to an aromatic ring is 1. The first-order chi connectivity index (χ1) is 7.61. The van der Waals surface area contributed by atoms with Gasteiger partial charge in [-0.25, -0.2) is 4.79 Å². The van der Waals surface area contributed by atoms with Gasteiger partial charge in [-0.05, 0) is 6.07 Å². The van der Waals surface area contributed by atoms with Gasteiger partial charge in [0.05, 0.1) is 12.6 Å². The number of nitrogens with zero attached hydrogens (tertiary/aromatic N) is 3. The molecule has 7 nitrogen and oxygen atoms in total. The van der Waals surface area contributed by atoms with Gasteiger partial charge in [0.2, 0.25) is 0 Å². The van der Waals surface area contributed by atoms with Gasteiger partial charge in [0.15, 0.2) is 6.23 Å². The highest BCUT2D eigenvalue weighted by Gasteiger charge is 2.32. The molecule has 0 aromatic carbocycles. The van der Waals surface area contributed by atoms with Crippen LogP contribution < -0.4 is 11.4 Å². The Morgan fingerprint density at radius 1 is 1.75 bits per heavy atom. The summed E-state index contributed by atoms with van der Waals surface area (Å²) in [4.78, 5) is 20.6. The Hall–Kier alpha value is -1.44. The third-order valence-electron chi connectivity index (χ3n) is 2.65. The maximum absolute atomic E-state index is 11.5. The van der Waals surface area contributed by atoms with E-state index < -0.39 is 11.9 Å². The van der Waals surface area contributed by atoms with Gasteiger partial charge in [0.25, 0.3) is 0 Å². The lowest BCUT2D eigenvalue weighted by atomic mass is 10.2. The van der Waals surface area contributed by atoms with Crippen molar-refractivity contribution in [2.45, 2.75) is 18.7 Å². The Bertz CT molecular complexity index is 433. The van der Waals surface area contributed by atoms with Crippen LogP contribution in [0, 0.1) is 0 Å². The fraction of sp³-hybridized carbons (Fsp3) is 0.556. The van der Waals surface area contributed by atoms with E-state index in [-0.39, 0.29) is 18.5 Å². The van der Waals surface area contributed by atoms with Crippen molar-refractivity contribution in [2.24, 2.45) is 0 Å². The zero-order valence-corrected chi connectivity index (χ0v) is 8.91. The Morgan fingerprint density at radius 2 is 2.50 bits per heavy atom. The van der Waals surface area contributed by atoms with Gasteiger partial charge in [0, 0.05) is 19.7 Å². The molecule has 7 heteroatoms. The SMILES string of the molecule is CN1O[C@@H](n2ccc(N)nc2=O)C[C@H]1CO. The number of aliphatic hydroxyl groups excluding tert-OH is 1. The second-order valence-electron chi connectivity index (χ2n) is 3.72. The normalized spacial score (nSPS) is 26.1. The summed E-state index contributed by atoms with van der Waals surface area (Å²) < 4.78 is 1.36. The Morgan fingerprint density at radius 3 is 3.06 bits per heavy atom. The monoisotopic (exact) mass is 226 g/mol. The number of rotatable bonds is 2. The molecule has 0 aliphatic carbocycles. The number of hydrogen-bond donors (Lipinski definition) is 2. The Kier molecular flexibility index (Phi) is 2.90. The smallest absolute Gasteiger partial charge is 0.351 e. The van der Waals surface area contributed by atoms with Crippen LogP contribution in [0.25, 0.3) is 0 Å². The predicted molar refractivity (Wildman–Crippen MR) is 56.3 cm³/mol. The highest BCUT2D eigenvalue weighted by atomic mass is 16.7. The van der Waals surface area contributed by atoms with E-state index in [0.29, 0.717) is 6.42 Å². The predicted octanol–water partition coefficient (Wildman–Crippen LogP) is -1.05. The molecule has 1 saturated heterocycles. The van der Waals surface area contributed by atoms with Gasteiger partial charge >= 0.3 is 5.69 Å². The third-order valence-corrected chi connectivity index (χ3v) is 2.65. The summed E-state index contributed by atoms with van der Waals surface area (Å²) in [5.41, 5.74) is 4.94. The maximum atomic E-state index is 11.5. The molecule has 2 heterocycles. The van der Waals surface area contributed by atoms with E-state index in [1.807, 2.05) is 0 Å². The van der Waals surface area contributed by atoms with Gasteiger partial charge in [0.1, 0.15) is 5.82 Å². The van der Waals surface area contributed by atoms with Crippen molar-refractivity contribution in [3.05, 3.63) is 22.7 Å². The molecule has 2 atom stereocenters. The van der Waals surface area contributed by atoms with E-state index >= 15 is 0 Å². The number of aliphatic hydroxyl groups is 1. The van der Waals surface area contributed by atoms with Crippen molar-refractivity contribution >= 4 is 5.82 Å². The number of anilines is 1. The number of hydroxylamine groups is 2. The standard InChI is InChI=1S/C9H14N4O3/c1-12-6(5-14)4-8(16-12)13-3-2-7(10)11-9(13)15/h2-3,6,8,14H,4-5H2,1H3,(H2,10,11,15)/t6-,8+/m0/s1. The lowest BCUT2D eigenvalue weighted by Gasteiger charge is -2.14. The van der Waals surface area contributed by atoms with Crippen LogP contribution in [0.1, 0.15) is 12.6 Å². The number of nitrogens with two attached hydrogens (primary N) is 1. The average molecular weight is 226 g/mol. The Balaban J connectivity index is 2.23. The molecule has 1 aliphatic heterocycles. The maximum Gasteiger partial charge on any atom is 0.351 e. The van der Waals surface area contributed by atoms with Crippen LogP contribution in [0.3, 0.4) is 0 Å². The third kappa shape index (κ3) is 1.92. The molecule has 0 bridgehead atoms. The molecule has 16 heavy (non-hydrogen) atoms. The second kappa shape index (κ2) is 4.20. The van der Waals surface area contributed by atoms with Crippen molar-refractivity contribution in [1.82, 2.24) is 14.6 Å². The van der Waals surface area contributed by atoms with Crippen LogP contribution in [-0.2, 0) is 4.84 Å². The van der Waals surface area contributed by atoms with Crippen LogP contribution in [0.5, 0.6) is 0 Å². The van der Waals surface area contributed by atoms with Crippen molar-refractivity contribution in [2.75, 3.05) is 19.4 Å². The first kappa shape index (κ1) is 11.1. The van der Waals surface area contributed by atoms with Crippen LogP contribution in [-0.4, -0.2) is 39.4 Å². The van der Waals surface area contributed by atoms with Crippen molar-refractivity contribution in [3.8, 4) is 0 Å². The minimum atomic E-state index is -0.447. The van der Waals surface area contributed by atoms with E-state index in [1.165, 1.54) is 10.6 Å². The molecule has 0 amide bonds. The quantitative estimate of drug-likeness (QED) is 0.668. The lowest BCUT2D eigenvalue weighted by molar-refractivity contribution is -0.170. The highest BCUT2D eigenvalue weighted by Crippen LogP contribution is 2.25. The van der Waals surface area contributed by atoms with Crippen LogP contribution in [0.4, 0.5) is 5.82 Å². The van der Waals surface area contributed by atoms with Gasteiger partial charge in [-0.2, -0.15) is 10.0 Å². The molecular weight excluding hydrogens is 212 g/mol. The summed E-state index contributed by atoms with van der Waals surface area (Å²) in [6.07, 6.45) is 1.66. The summed E-state index contributed by atoms with van der Waals surface area (Å²) in [5.74, 6) is 0.186. The zero-order chi connectivity index (χ0) is 11.7. The van der Waals surface area contributed by atoms with E-state index in [1.54, 1.807) is 18.3 Å². The fourth-order valence-corrected chi connectivity index (χ4v) is 1.70. The van der Waals surface area contributed by atoms with Gasteiger partial charge in [-0.1, -0.05) is 0 Å². The molecule has 1 fully saturated rings. The van der Waals surface area contributed by atoms with E-state index in [9.17, 15) is 4.79 Å². The molecule has 1 aliphatic rings. The minimum Gasteiger partial charge on any atom is -0.395 e.